The third-order valence-corrected chi connectivity index (χ3v) is 4.66. The van der Waals surface area contributed by atoms with Gasteiger partial charge in [0, 0.05) is 17.4 Å². The second-order valence-corrected chi connectivity index (χ2v) is 7.12. The Morgan fingerprint density at radius 1 is 1.30 bits per heavy atom. The number of carbonyl (C=O) groups is 2. The van der Waals surface area contributed by atoms with Gasteiger partial charge in [0.15, 0.2) is 5.82 Å². The molecule has 27 heavy (non-hydrogen) atoms. The molecule has 8 nitrogen and oxygen atoms in total. The van der Waals surface area contributed by atoms with E-state index in [1.807, 2.05) is 12.1 Å². The van der Waals surface area contributed by atoms with Crippen LogP contribution in [-0.2, 0) is 11.3 Å². The normalized spacial score (nSPS) is 12.0. The van der Waals surface area contributed by atoms with Gasteiger partial charge in [-0.2, -0.15) is 10.2 Å². The van der Waals surface area contributed by atoms with Gasteiger partial charge in [0.25, 0.3) is 5.91 Å². The number of carboxylic acid groups (broad SMARTS) is 1. The fourth-order valence-corrected chi connectivity index (χ4v) is 2.84. The molecule has 0 saturated heterocycles. The number of benzene rings is 1. The van der Waals surface area contributed by atoms with Crippen LogP contribution in [0, 0.1) is 0 Å². The Balaban J connectivity index is 1.70. The molecule has 3 aromatic rings. The van der Waals surface area contributed by atoms with E-state index in [4.69, 9.17) is 16.7 Å². The maximum absolute atomic E-state index is 12.4. The zero-order valence-corrected chi connectivity index (χ0v) is 16.5. The summed E-state index contributed by atoms with van der Waals surface area (Å²) < 4.78 is 3.51. The van der Waals surface area contributed by atoms with Gasteiger partial charge >= 0.3 is 5.97 Å². The Morgan fingerprint density at radius 2 is 2.00 bits per heavy atom. The number of rotatable bonds is 6. The van der Waals surface area contributed by atoms with Gasteiger partial charge in [-0.05, 0) is 40.5 Å². The van der Waals surface area contributed by atoms with Crippen LogP contribution in [0.3, 0.4) is 0 Å². The van der Waals surface area contributed by atoms with Crippen molar-refractivity contribution in [1.82, 2.24) is 19.6 Å². The molecule has 0 fully saturated rings. The highest BCUT2D eigenvalue weighted by molar-refractivity contribution is 9.10. The SMILES string of the molecule is CC(C(=O)O)n1cc(C(=O)Nc2nn(Cc3ccc(Cl)cc3)cc2Br)cn1. The Hall–Kier alpha value is -2.65. The van der Waals surface area contributed by atoms with E-state index < -0.39 is 17.9 Å². The van der Waals surface area contributed by atoms with E-state index in [1.165, 1.54) is 24.0 Å². The number of aliphatic carboxylic acids is 1. The zero-order valence-electron chi connectivity index (χ0n) is 14.1. The Labute approximate surface area is 167 Å². The second-order valence-electron chi connectivity index (χ2n) is 5.83. The minimum Gasteiger partial charge on any atom is -0.480 e. The van der Waals surface area contributed by atoms with Crippen molar-refractivity contribution in [3.8, 4) is 0 Å². The first-order valence-electron chi connectivity index (χ1n) is 7.89. The summed E-state index contributed by atoms with van der Waals surface area (Å²) in [6, 6.07) is 6.53. The lowest BCUT2D eigenvalue weighted by molar-refractivity contribution is -0.140. The van der Waals surface area contributed by atoms with Gasteiger partial charge in [-0.15, -0.1) is 0 Å². The first-order valence-corrected chi connectivity index (χ1v) is 9.06. The van der Waals surface area contributed by atoms with Crippen molar-refractivity contribution in [2.24, 2.45) is 0 Å². The van der Waals surface area contributed by atoms with E-state index in [1.54, 1.807) is 23.0 Å². The minimum atomic E-state index is -1.03. The van der Waals surface area contributed by atoms with Gasteiger partial charge in [0.2, 0.25) is 0 Å². The van der Waals surface area contributed by atoms with Gasteiger partial charge < -0.3 is 10.4 Å². The third-order valence-electron chi connectivity index (χ3n) is 3.82. The first kappa shape index (κ1) is 19.1. The minimum absolute atomic E-state index is 0.238. The van der Waals surface area contributed by atoms with E-state index in [0.717, 1.165) is 5.56 Å². The lowest BCUT2D eigenvalue weighted by Gasteiger charge is -2.05. The highest BCUT2D eigenvalue weighted by atomic mass is 79.9. The molecule has 0 aliphatic rings. The van der Waals surface area contributed by atoms with Crippen LogP contribution in [0.4, 0.5) is 5.82 Å². The quantitative estimate of drug-likeness (QED) is 0.596. The zero-order chi connectivity index (χ0) is 19.6. The van der Waals surface area contributed by atoms with Crippen LogP contribution in [0.2, 0.25) is 5.02 Å². The molecule has 1 aromatic carbocycles. The summed E-state index contributed by atoms with van der Waals surface area (Å²) >= 11 is 9.25. The van der Waals surface area contributed by atoms with Crippen molar-refractivity contribution in [3.63, 3.8) is 0 Å². The van der Waals surface area contributed by atoms with E-state index in [-0.39, 0.29) is 5.56 Å². The summed E-state index contributed by atoms with van der Waals surface area (Å²) in [4.78, 5) is 23.4. The molecule has 3 rings (SSSR count). The molecule has 1 unspecified atom stereocenters. The van der Waals surface area contributed by atoms with Gasteiger partial charge in [-0.25, -0.2) is 4.79 Å². The lowest BCUT2D eigenvalue weighted by Crippen LogP contribution is -2.16. The van der Waals surface area contributed by atoms with Crippen molar-refractivity contribution in [2.45, 2.75) is 19.5 Å². The molecule has 2 N–H and O–H groups in total. The molecular formula is C17H15BrClN5O3. The van der Waals surface area contributed by atoms with Crippen LogP contribution >= 0.6 is 27.5 Å². The second kappa shape index (κ2) is 7.93. The summed E-state index contributed by atoms with van der Waals surface area (Å²) in [7, 11) is 0. The standard InChI is InChI=1S/C17H15BrClN5O3/c1-10(17(26)27)24-8-12(6-20-24)16(25)21-15-14(18)9-23(22-15)7-11-2-4-13(19)5-3-11/h2-6,8-10H,7H2,1H3,(H,26,27)(H,21,22,25). The molecule has 1 amide bonds. The largest absolute Gasteiger partial charge is 0.480 e. The van der Waals surface area contributed by atoms with Gasteiger partial charge in [-0.1, -0.05) is 23.7 Å². The van der Waals surface area contributed by atoms with Crippen LogP contribution in [0.25, 0.3) is 0 Å². The molecule has 10 heteroatoms. The number of halogens is 2. The highest BCUT2D eigenvalue weighted by Crippen LogP contribution is 2.22. The number of hydrogen-bond acceptors (Lipinski definition) is 4. The van der Waals surface area contributed by atoms with Crippen molar-refractivity contribution in [2.75, 3.05) is 5.32 Å². The molecule has 0 bridgehead atoms. The fraction of sp³-hybridized carbons (Fsp3) is 0.176. The summed E-state index contributed by atoms with van der Waals surface area (Å²) in [5, 5.41) is 20.6. The number of aromatic nitrogens is 4. The summed E-state index contributed by atoms with van der Waals surface area (Å²) in [6.07, 6.45) is 4.44. The van der Waals surface area contributed by atoms with Crippen molar-refractivity contribution >= 4 is 45.2 Å². The monoisotopic (exact) mass is 451 g/mol. The Morgan fingerprint density at radius 3 is 2.67 bits per heavy atom. The number of anilines is 1. The highest BCUT2D eigenvalue weighted by Gasteiger charge is 2.18. The Bertz CT molecular complexity index is 983. The molecule has 140 valence electrons. The molecule has 0 radical (unpaired) electrons. The number of hydrogen-bond donors (Lipinski definition) is 2. The lowest BCUT2D eigenvalue weighted by atomic mass is 10.2. The average Bonchev–Trinajstić information content (AvgIpc) is 3.24. The summed E-state index contributed by atoms with van der Waals surface area (Å²) in [6.45, 7) is 1.99. The summed E-state index contributed by atoms with van der Waals surface area (Å²) in [5.74, 6) is -1.11. The Kier molecular flexibility index (Phi) is 5.62. The van der Waals surface area contributed by atoms with E-state index in [0.29, 0.717) is 21.9 Å². The number of amides is 1. The van der Waals surface area contributed by atoms with Crippen LogP contribution in [0.5, 0.6) is 0 Å². The molecular weight excluding hydrogens is 438 g/mol. The fourth-order valence-electron chi connectivity index (χ4n) is 2.30. The van der Waals surface area contributed by atoms with Gasteiger partial charge in [-0.3, -0.25) is 14.2 Å². The maximum Gasteiger partial charge on any atom is 0.328 e. The van der Waals surface area contributed by atoms with Crippen molar-refractivity contribution in [3.05, 3.63) is 63.5 Å². The van der Waals surface area contributed by atoms with E-state index >= 15 is 0 Å². The molecule has 1 atom stereocenters. The van der Waals surface area contributed by atoms with E-state index in [9.17, 15) is 9.59 Å². The summed E-state index contributed by atoms with van der Waals surface area (Å²) in [5.41, 5.74) is 1.25. The molecule has 0 saturated carbocycles. The number of carbonyl (C=O) groups excluding carboxylic acids is 1. The van der Waals surface area contributed by atoms with Gasteiger partial charge in [0.05, 0.1) is 22.8 Å². The predicted molar refractivity (Wildman–Crippen MR) is 103 cm³/mol. The number of nitrogens with zero attached hydrogens (tertiary/aromatic N) is 4. The molecule has 0 aliphatic carbocycles. The van der Waals surface area contributed by atoms with Gasteiger partial charge in [0.1, 0.15) is 6.04 Å². The van der Waals surface area contributed by atoms with E-state index in [2.05, 4.69) is 31.4 Å². The van der Waals surface area contributed by atoms with Crippen LogP contribution in [0.1, 0.15) is 28.9 Å². The number of carboxylic acids is 1. The predicted octanol–water partition coefficient (Wildman–Crippen LogP) is 3.44. The van der Waals surface area contributed by atoms with Crippen LogP contribution < -0.4 is 5.32 Å². The molecule has 2 heterocycles. The van der Waals surface area contributed by atoms with Crippen molar-refractivity contribution in [1.29, 1.82) is 0 Å². The first-order chi connectivity index (χ1) is 12.8. The smallest absolute Gasteiger partial charge is 0.328 e. The molecule has 2 aromatic heterocycles. The maximum atomic E-state index is 12.4. The molecule has 0 spiro atoms. The van der Waals surface area contributed by atoms with Crippen LogP contribution in [0.15, 0.2) is 47.3 Å². The third kappa shape index (κ3) is 4.55. The van der Waals surface area contributed by atoms with Crippen molar-refractivity contribution < 1.29 is 14.7 Å². The molecule has 0 aliphatic heterocycles. The number of nitrogens with one attached hydrogen (secondary N) is 1. The average molecular weight is 453 g/mol. The van der Waals surface area contributed by atoms with Crippen LogP contribution in [-0.4, -0.2) is 36.5 Å². The topological polar surface area (TPSA) is 102 Å².